The minimum Gasteiger partial charge on any atom is -0.508 e. The second kappa shape index (κ2) is 19.3. The summed E-state index contributed by atoms with van der Waals surface area (Å²) in [5.74, 6) is 2.89. The van der Waals surface area contributed by atoms with Gasteiger partial charge in [0.2, 0.25) is 5.88 Å². The zero-order valence-electron chi connectivity index (χ0n) is 28.7. The third-order valence-electron chi connectivity index (χ3n) is 7.43. The average molecular weight is 785 g/mol. The van der Waals surface area contributed by atoms with Crippen molar-refractivity contribution in [3.63, 3.8) is 0 Å². The summed E-state index contributed by atoms with van der Waals surface area (Å²) in [6.07, 6.45) is 4.78. The van der Waals surface area contributed by atoms with Crippen LogP contribution in [0, 0.1) is 22.7 Å². The van der Waals surface area contributed by atoms with Crippen LogP contribution in [-0.2, 0) is 12.8 Å². The first-order valence-corrected chi connectivity index (χ1v) is 18.6. The summed E-state index contributed by atoms with van der Waals surface area (Å²) < 4.78 is 5.69. The second-order valence-corrected chi connectivity index (χ2v) is 13.2. The summed E-state index contributed by atoms with van der Waals surface area (Å²) in [5, 5.41) is 33.3. The Kier molecular flexibility index (Phi) is 13.3. The molecule has 272 valence electrons. The molecule has 6 heterocycles. The number of phenols is 1. The van der Waals surface area contributed by atoms with Gasteiger partial charge in [0, 0.05) is 19.2 Å². The molecule has 55 heavy (non-hydrogen) atoms. The minimum absolute atomic E-state index is 0.289. The lowest BCUT2D eigenvalue weighted by Gasteiger charge is -2.08. The number of rotatable bonds is 10. The first-order chi connectivity index (χ1) is 27.0. The third kappa shape index (κ3) is 11.1. The Morgan fingerprint density at radius 2 is 1.16 bits per heavy atom. The molecule has 0 atom stereocenters. The number of hydrogen-bond acceptors (Lipinski definition) is 16. The Bertz CT molecular complexity index is 2550. The number of anilines is 2. The van der Waals surface area contributed by atoms with Gasteiger partial charge in [-0.2, -0.15) is 10.5 Å². The number of phenolic OH excluding ortho intramolecular Hbond substituents is 1. The zero-order valence-corrected chi connectivity index (χ0v) is 31.1. The zero-order chi connectivity index (χ0) is 38.2. The van der Waals surface area contributed by atoms with Crippen LogP contribution in [0.2, 0.25) is 5.15 Å². The molecule has 14 nitrogen and oxygen atoms in total. The minimum atomic E-state index is 0.289. The van der Waals surface area contributed by atoms with Gasteiger partial charge in [-0.3, -0.25) is 0 Å². The van der Waals surface area contributed by atoms with Crippen LogP contribution in [-0.4, -0.2) is 58.1 Å². The van der Waals surface area contributed by atoms with Gasteiger partial charge >= 0.3 is 0 Å². The van der Waals surface area contributed by atoms with Crippen molar-refractivity contribution < 1.29 is 9.84 Å². The Morgan fingerprint density at radius 1 is 0.636 bits per heavy atom. The van der Waals surface area contributed by atoms with Crippen LogP contribution in [0.25, 0.3) is 20.7 Å². The number of pyridine rings is 2. The quantitative estimate of drug-likeness (QED) is 0.113. The second-order valence-electron chi connectivity index (χ2n) is 11.2. The fraction of sp³-hybridized carbons (Fsp3) is 0.105. The molecule has 0 aliphatic rings. The summed E-state index contributed by atoms with van der Waals surface area (Å²) in [4.78, 5) is 34.9. The van der Waals surface area contributed by atoms with Crippen molar-refractivity contribution in [2.24, 2.45) is 0 Å². The van der Waals surface area contributed by atoms with Gasteiger partial charge < -0.3 is 20.5 Å². The average Bonchev–Trinajstić information content (AvgIpc) is 3.91. The molecule has 0 unspecified atom stereocenters. The van der Waals surface area contributed by atoms with E-state index in [9.17, 15) is 5.11 Å². The van der Waals surface area contributed by atoms with Crippen LogP contribution in [0.15, 0.2) is 109 Å². The van der Waals surface area contributed by atoms with Gasteiger partial charge in [0.1, 0.15) is 73.5 Å². The summed E-state index contributed by atoms with van der Waals surface area (Å²) in [6, 6.07) is 28.9. The van der Waals surface area contributed by atoms with E-state index in [0.717, 1.165) is 69.4 Å². The summed E-state index contributed by atoms with van der Waals surface area (Å²) >= 11 is 8.46. The van der Waals surface area contributed by atoms with E-state index >= 15 is 0 Å². The Hall–Kier alpha value is -6.85. The predicted octanol–water partition coefficient (Wildman–Crippen LogP) is 7.85. The fourth-order valence-corrected chi connectivity index (χ4v) is 6.23. The van der Waals surface area contributed by atoms with Crippen molar-refractivity contribution in [3.05, 3.63) is 136 Å². The highest BCUT2D eigenvalue weighted by Crippen LogP contribution is 2.23. The highest BCUT2D eigenvalue weighted by atomic mass is 35.5. The lowest BCUT2D eigenvalue weighted by atomic mass is 10.1. The molecule has 8 aromatic rings. The number of hydrogen-bond donors (Lipinski definition) is 3. The van der Waals surface area contributed by atoms with Crippen molar-refractivity contribution in [1.29, 1.82) is 10.5 Å². The maximum Gasteiger partial charge on any atom is 0.220 e. The molecular weight excluding hydrogens is 756 g/mol. The van der Waals surface area contributed by atoms with Crippen molar-refractivity contribution >= 4 is 66.6 Å². The van der Waals surface area contributed by atoms with Crippen LogP contribution in [0.4, 0.5) is 11.6 Å². The number of ether oxygens (including phenoxy) is 1. The number of halogens is 1. The number of fused-ring (bicyclic) bond motifs is 2. The van der Waals surface area contributed by atoms with Crippen molar-refractivity contribution in [3.8, 4) is 29.5 Å². The van der Waals surface area contributed by atoms with Gasteiger partial charge in [0.05, 0.1) is 11.0 Å². The van der Waals surface area contributed by atoms with Gasteiger partial charge in [-0.15, -0.1) is 22.7 Å². The molecule has 0 fully saturated rings. The van der Waals surface area contributed by atoms with E-state index in [1.54, 1.807) is 72.2 Å². The highest BCUT2D eigenvalue weighted by molar-refractivity contribution is 7.16. The standard InChI is InChI=1S/C19H14N6OS.C13H12N4OS.C6H3ClN2/c20-10-14-2-1-3-16(25-14)26-15-6-4-13(5-7-15)8-9-21-18-17-19(23-11-22-18)27-12-24-17;18-10-3-1-9(2-4-10)5-6-14-12-11-13(16-7-15-12)19-8-17-11;7-6-3-1-2-5(4-8)9-6/h1-7,11-12H,8-9H2,(H,21,22,23);1-4,7-8,18H,5-6H2,(H,14,15,16);1-3H. The van der Waals surface area contributed by atoms with Gasteiger partial charge in [-0.05, 0) is 66.4 Å². The van der Waals surface area contributed by atoms with Gasteiger partial charge in [0.15, 0.2) is 11.6 Å². The van der Waals surface area contributed by atoms with Gasteiger partial charge in [-0.1, -0.05) is 48.0 Å². The number of aromatic hydroxyl groups is 1. The number of nitrogens with zero attached hydrogens (tertiary/aromatic N) is 10. The summed E-state index contributed by atoms with van der Waals surface area (Å²) in [5.41, 5.74) is 8.16. The lowest BCUT2D eigenvalue weighted by Crippen LogP contribution is -2.07. The molecule has 0 radical (unpaired) electrons. The molecule has 6 aromatic heterocycles. The molecule has 0 spiro atoms. The molecule has 0 aliphatic carbocycles. The van der Waals surface area contributed by atoms with Crippen LogP contribution in [0.3, 0.4) is 0 Å². The topological polar surface area (TPSA) is 204 Å². The molecule has 8 rings (SSSR count). The molecular formula is C38H29ClN12O2S2. The Morgan fingerprint density at radius 3 is 1.69 bits per heavy atom. The fourth-order valence-electron chi connectivity index (χ4n) is 4.81. The first kappa shape index (κ1) is 37.9. The van der Waals surface area contributed by atoms with Crippen LogP contribution < -0.4 is 15.4 Å². The van der Waals surface area contributed by atoms with Crippen molar-refractivity contribution in [1.82, 2.24) is 39.9 Å². The maximum absolute atomic E-state index is 9.22. The molecule has 3 N–H and O–H groups in total. The molecule has 2 aromatic carbocycles. The van der Waals surface area contributed by atoms with E-state index in [1.165, 1.54) is 22.7 Å². The van der Waals surface area contributed by atoms with E-state index < -0.39 is 0 Å². The number of benzene rings is 2. The predicted molar refractivity (Wildman–Crippen MR) is 212 cm³/mol. The summed E-state index contributed by atoms with van der Waals surface area (Å²) in [7, 11) is 0. The molecule has 0 amide bonds. The van der Waals surface area contributed by atoms with Crippen LogP contribution in [0.5, 0.6) is 17.4 Å². The molecule has 0 saturated carbocycles. The van der Waals surface area contributed by atoms with E-state index in [0.29, 0.717) is 28.2 Å². The molecule has 0 saturated heterocycles. The smallest absolute Gasteiger partial charge is 0.220 e. The van der Waals surface area contributed by atoms with E-state index in [1.807, 2.05) is 48.5 Å². The number of nitrogens with one attached hydrogen (secondary N) is 2. The SMILES string of the molecule is N#Cc1cccc(Cl)n1.N#Cc1cccc(Oc2ccc(CCNc3ncnc4scnc34)cc2)n1.Oc1ccc(CCNc2ncnc3scnc23)cc1. The van der Waals surface area contributed by atoms with Crippen LogP contribution in [0.1, 0.15) is 22.5 Å². The first-order valence-electron chi connectivity index (χ1n) is 16.5. The maximum atomic E-state index is 9.22. The summed E-state index contributed by atoms with van der Waals surface area (Å²) in [6.45, 7) is 1.49. The highest BCUT2D eigenvalue weighted by Gasteiger charge is 2.07. The molecule has 0 bridgehead atoms. The lowest BCUT2D eigenvalue weighted by molar-refractivity contribution is 0.462. The largest absolute Gasteiger partial charge is 0.508 e. The monoisotopic (exact) mass is 784 g/mol. The van der Waals surface area contributed by atoms with E-state index in [4.69, 9.17) is 26.9 Å². The van der Waals surface area contributed by atoms with Gasteiger partial charge in [0.25, 0.3) is 0 Å². The Balaban J connectivity index is 0.000000159. The Labute approximate surface area is 327 Å². The van der Waals surface area contributed by atoms with E-state index in [2.05, 4.69) is 50.5 Å². The third-order valence-corrected chi connectivity index (χ3v) is 9.11. The van der Waals surface area contributed by atoms with Gasteiger partial charge in [-0.25, -0.2) is 39.9 Å². The van der Waals surface area contributed by atoms with Crippen molar-refractivity contribution in [2.75, 3.05) is 23.7 Å². The normalized spacial score (nSPS) is 10.2. The number of nitriles is 2. The van der Waals surface area contributed by atoms with Crippen LogP contribution >= 0.6 is 34.3 Å². The number of aromatic nitrogens is 8. The van der Waals surface area contributed by atoms with Crippen molar-refractivity contribution in [2.45, 2.75) is 12.8 Å². The molecule has 17 heteroatoms. The molecule has 0 aliphatic heterocycles. The van der Waals surface area contributed by atoms with E-state index in [-0.39, 0.29) is 5.75 Å². The number of thiazole rings is 2.